The van der Waals surface area contributed by atoms with Gasteiger partial charge in [0.25, 0.3) is 0 Å². The lowest BCUT2D eigenvalue weighted by molar-refractivity contribution is 0.530. The minimum absolute atomic E-state index is 0.0572. The average Bonchev–Trinajstić information content (AvgIpc) is 2.36. The fraction of sp³-hybridized carbons (Fsp3) is 0.200. The zero-order chi connectivity index (χ0) is 14.2. The van der Waals surface area contributed by atoms with Crippen LogP contribution in [0.25, 0.3) is 0 Å². The van der Waals surface area contributed by atoms with Crippen molar-refractivity contribution in [2.45, 2.75) is 19.4 Å². The lowest BCUT2D eigenvalue weighted by atomic mass is 9.85. The molecule has 0 aliphatic rings. The first kappa shape index (κ1) is 14.5. The number of aryl methyl sites for hydroxylation is 1. The molecule has 1 unspecified atom stereocenters. The zero-order valence-corrected chi connectivity index (χ0v) is 13.0. The molecule has 0 saturated carbocycles. The Bertz CT molecular complexity index is 626. The smallest absolute Gasteiger partial charge is 0.148 e. The second-order valence-corrected chi connectivity index (χ2v) is 6.03. The van der Waals surface area contributed by atoms with E-state index in [0.717, 1.165) is 11.1 Å². The van der Waals surface area contributed by atoms with Crippen molar-refractivity contribution in [3.05, 3.63) is 68.4 Å². The predicted molar refractivity (Wildman–Crippen MR) is 80.9 cm³/mol. The Morgan fingerprint density at radius 1 is 1.26 bits per heavy atom. The number of hydrogen-bond donors (Lipinski definition) is 1. The van der Waals surface area contributed by atoms with Gasteiger partial charge < -0.3 is 5.73 Å². The minimum atomic E-state index is -0.930. The average molecular weight is 343 g/mol. The Kier molecular flexibility index (Phi) is 4.00. The molecule has 2 aromatic carbocycles. The summed E-state index contributed by atoms with van der Waals surface area (Å²) in [6, 6.07) is 11.1. The van der Waals surface area contributed by atoms with Gasteiger partial charge in [0.1, 0.15) is 5.82 Å². The maximum absolute atomic E-state index is 14.3. The van der Waals surface area contributed by atoms with Crippen molar-refractivity contribution in [1.82, 2.24) is 0 Å². The molecular weight excluding hydrogens is 329 g/mol. The van der Waals surface area contributed by atoms with E-state index >= 15 is 0 Å². The molecule has 4 heteroatoms. The van der Waals surface area contributed by atoms with E-state index in [1.165, 1.54) is 0 Å². The van der Waals surface area contributed by atoms with Crippen molar-refractivity contribution in [3.8, 4) is 0 Å². The summed E-state index contributed by atoms with van der Waals surface area (Å²) in [5.41, 5.74) is 7.72. The fourth-order valence-electron chi connectivity index (χ4n) is 2.05. The van der Waals surface area contributed by atoms with Gasteiger partial charge in [-0.3, -0.25) is 0 Å². The predicted octanol–water partition coefficient (Wildman–Crippen LogP) is 4.77. The molecule has 0 aromatic heterocycles. The second kappa shape index (κ2) is 5.23. The summed E-state index contributed by atoms with van der Waals surface area (Å²) in [4.78, 5) is 0. The molecule has 0 spiro atoms. The third kappa shape index (κ3) is 2.69. The monoisotopic (exact) mass is 341 g/mol. The van der Waals surface area contributed by atoms with Crippen LogP contribution in [0.15, 0.2) is 40.9 Å². The van der Waals surface area contributed by atoms with E-state index in [9.17, 15) is 4.39 Å². The van der Waals surface area contributed by atoms with E-state index < -0.39 is 11.4 Å². The van der Waals surface area contributed by atoms with Crippen molar-refractivity contribution < 1.29 is 4.39 Å². The van der Waals surface area contributed by atoms with Crippen LogP contribution in [0, 0.1) is 12.7 Å². The summed E-state index contributed by atoms with van der Waals surface area (Å²) < 4.78 is 14.8. The highest BCUT2D eigenvalue weighted by molar-refractivity contribution is 9.10. The highest BCUT2D eigenvalue weighted by Gasteiger charge is 2.28. The van der Waals surface area contributed by atoms with Crippen molar-refractivity contribution in [1.29, 1.82) is 0 Å². The highest BCUT2D eigenvalue weighted by Crippen LogP contribution is 2.35. The summed E-state index contributed by atoms with van der Waals surface area (Å²) >= 11 is 9.13. The van der Waals surface area contributed by atoms with Crippen molar-refractivity contribution in [2.24, 2.45) is 5.73 Å². The molecule has 0 saturated heterocycles. The molecule has 0 aliphatic carbocycles. The summed E-state index contributed by atoms with van der Waals surface area (Å²) in [6.07, 6.45) is 0. The second-order valence-electron chi connectivity index (χ2n) is 4.79. The zero-order valence-electron chi connectivity index (χ0n) is 10.7. The molecule has 2 N–H and O–H groups in total. The van der Waals surface area contributed by atoms with Crippen LogP contribution in [0.1, 0.15) is 23.6 Å². The number of rotatable bonds is 2. The summed E-state index contributed by atoms with van der Waals surface area (Å²) in [5.74, 6) is -0.484. The molecule has 0 amide bonds. The van der Waals surface area contributed by atoms with Crippen LogP contribution >= 0.6 is 27.5 Å². The molecule has 100 valence electrons. The van der Waals surface area contributed by atoms with Crippen LogP contribution in [-0.2, 0) is 5.54 Å². The molecule has 19 heavy (non-hydrogen) atoms. The van der Waals surface area contributed by atoms with Crippen LogP contribution < -0.4 is 5.73 Å². The maximum Gasteiger partial charge on any atom is 0.148 e. The van der Waals surface area contributed by atoms with E-state index in [1.54, 1.807) is 19.1 Å². The standard InChI is InChI=1S/C15H14BrClFN/c1-9-4-3-5-10(8-9)15(2,19)11-6-7-12(16)13(17)14(11)18/h3-8H,19H2,1-2H3. The van der Waals surface area contributed by atoms with Gasteiger partial charge in [0.15, 0.2) is 0 Å². The van der Waals surface area contributed by atoms with Crippen LogP contribution in [0.5, 0.6) is 0 Å². The maximum atomic E-state index is 14.3. The summed E-state index contributed by atoms with van der Waals surface area (Å²) in [6.45, 7) is 3.76. The molecule has 1 atom stereocenters. The Labute approximate surface area is 125 Å². The van der Waals surface area contributed by atoms with Gasteiger partial charge in [-0.1, -0.05) is 47.5 Å². The Balaban J connectivity index is 2.60. The van der Waals surface area contributed by atoms with Gasteiger partial charge in [-0.25, -0.2) is 4.39 Å². The Morgan fingerprint density at radius 3 is 2.58 bits per heavy atom. The summed E-state index contributed by atoms with van der Waals surface area (Å²) in [7, 11) is 0. The van der Waals surface area contributed by atoms with Crippen LogP contribution in [-0.4, -0.2) is 0 Å². The lowest BCUT2D eigenvalue weighted by Gasteiger charge is -2.27. The minimum Gasteiger partial charge on any atom is -0.318 e. The quantitative estimate of drug-likeness (QED) is 0.782. The lowest BCUT2D eigenvalue weighted by Crippen LogP contribution is -2.35. The van der Waals surface area contributed by atoms with Crippen molar-refractivity contribution >= 4 is 27.5 Å². The van der Waals surface area contributed by atoms with E-state index in [4.69, 9.17) is 17.3 Å². The number of hydrogen-bond acceptors (Lipinski definition) is 1. The van der Waals surface area contributed by atoms with Crippen LogP contribution in [0.3, 0.4) is 0 Å². The number of nitrogens with two attached hydrogens (primary N) is 1. The van der Waals surface area contributed by atoms with Gasteiger partial charge in [0, 0.05) is 10.0 Å². The first-order chi connectivity index (χ1) is 8.84. The highest BCUT2D eigenvalue weighted by atomic mass is 79.9. The molecule has 1 nitrogen and oxygen atoms in total. The van der Waals surface area contributed by atoms with E-state index in [2.05, 4.69) is 15.9 Å². The normalized spacial score (nSPS) is 14.2. The molecule has 2 aromatic rings. The number of halogens is 3. The van der Waals surface area contributed by atoms with Crippen LogP contribution in [0.4, 0.5) is 4.39 Å². The molecule has 0 heterocycles. The van der Waals surface area contributed by atoms with Gasteiger partial charge in [0.2, 0.25) is 0 Å². The third-order valence-electron chi connectivity index (χ3n) is 3.21. The van der Waals surface area contributed by atoms with Gasteiger partial charge in [-0.15, -0.1) is 0 Å². The van der Waals surface area contributed by atoms with Crippen molar-refractivity contribution in [3.63, 3.8) is 0 Å². The Hall–Kier alpha value is -0.900. The molecule has 0 aliphatic heterocycles. The van der Waals surface area contributed by atoms with Crippen LogP contribution in [0.2, 0.25) is 5.02 Å². The topological polar surface area (TPSA) is 26.0 Å². The van der Waals surface area contributed by atoms with E-state index in [1.807, 2.05) is 31.2 Å². The summed E-state index contributed by atoms with van der Waals surface area (Å²) in [5, 5.41) is 0.0572. The SMILES string of the molecule is Cc1cccc(C(C)(N)c2ccc(Br)c(Cl)c2F)c1. The van der Waals surface area contributed by atoms with Gasteiger partial charge in [0.05, 0.1) is 10.6 Å². The van der Waals surface area contributed by atoms with Gasteiger partial charge in [-0.05, 0) is 41.4 Å². The largest absolute Gasteiger partial charge is 0.318 e. The number of benzene rings is 2. The first-order valence-electron chi connectivity index (χ1n) is 5.84. The molecule has 0 radical (unpaired) electrons. The van der Waals surface area contributed by atoms with Gasteiger partial charge >= 0.3 is 0 Å². The molecule has 2 rings (SSSR count). The first-order valence-corrected chi connectivity index (χ1v) is 7.01. The van der Waals surface area contributed by atoms with E-state index in [-0.39, 0.29) is 5.02 Å². The molecule has 0 bridgehead atoms. The van der Waals surface area contributed by atoms with E-state index in [0.29, 0.717) is 10.0 Å². The van der Waals surface area contributed by atoms with Crippen molar-refractivity contribution in [2.75, 3.05) is 0 Å². The molecule has 0 fully saturated rings. The van der Waals surface area contributed by atoms with Gasteiger partial charge in [-0.2, -0.15) is 0 Å². The third-order valence-corrected chi connectivity index (χ3v) is 4.47. The molecular formula is C15H14BrClFN. The Morgan fingerprint density at radius 2 is 1.95 bits per heavy atom. The fourth-order valence-corrected chi connectivity index (χ4v) is 2.52.